The van der Waals surface area contributed by atoms with Crippen LogP contribution in [0.3, 0.4) is 0 Å². The summed E-state index contributed by atoms with van der Waals surface area (Å²) < 4.78 is 1.15. The SMILES string of the molecule is Cc1[nH]nc(C2CCC(N)CC2)c1Br. The van der Waals surface area contributed by atoms with Gasteiger partial charge in [0.2, 0.25) is 0 Å². The highest BCUT2D eigenvalue weighted by molar-refractivity contribution is 9.10. The number of aromatic nitrogens is 2. The van der Waals surface area contributed by atoms with E-state index >= 15 is 0 Å². The zero-order valence-corrected chi connectivity index (χ0v) is 9.97. The Labute approximate surface area is 92.6 Å². The van der Waals surface area contributed by atoms with Crippen molar-refractivity contribution in [2.24, 2.45) is 5.73 Å². The summed E-state index contributed by atoms with van der Waals surface area (Å²) >= 11 is 3.58. The second-order valence-electron chi connectivity index (χ2n) is 4.16. The molecule has 3 N–H and O–H groups in total. The number of nitrogens with two attached hydrogens (primary N) is 1. The minimum atomic E-state index is 0.407. The second kappa shape index (κ2) is 4.03. The van der Waals surface area contributed by atoms with Gasteiger partial charge in [0.15, 0.2) is 0 Å². The molecule has 2 rings (SSSR count). The standard InChI is InChI=1S/C10H16BrN3/c1-6-9(11)10(14-13-6)7-2-4-8(12)5-3-7/h7-8H,2-5,12H2,1H3,(H,13,14). The van der Waals surface area contributed by atoms with E-state index < -0.39 is 0 Å². The van der Waals surface area contributed by atoms with Crippen molar-refractivity contribution in [2.75, 3.05) is 0 Å². The number of nitrogens with one attached hydrogen (secondary N) is 1. The predicted octanol–water partition coefficient (Wildman–Crippen LogP) is 2.47. The third-order valence-electron chi connectivity index (χ3n) is 3.06. The van der Waals surface area contributed by atoms with Gasteiger partial charge in [0.25, 0.3) is 0 Å². The average Bonchev–Trinajstić information content (AvgIpc) is 2.50. The Bertz CT molecular complexity index is 313. The smallest absolute Gasteiger partial charge is 0.0797 e. The van der Waals surface area contributed by atoms with Crippen molar-refractivity contribution in [3.8, 4) is 0 Å². The number of H-pyrrole nitrogens is 1. The molecule has 0 aromatic carbocycles. The summed E-state index contributed by atoms with van der Waals surface area (Å²) in [5.41, 5.74) is 8.19. The molecule has 1 aliphatic rings. The van der Waals surface area contributed by atoms with Gasteiger partial charge in [-0.05, 0) is 48.5 Å². The molecule has 0 spiro atoms. The fourth-order valence-electron chi connectivity index (χ4n) is 2.10. The second-order valence-corrected chi connectivity index (χ2v) is 4.95. The quantitative estimate of drug-likeness (QED) is 0.813. The number of hydrogen-bond acceptors (Lipinski definition) is 2. The first-order valence-electron chi connectivity index (χ1n) is 5.14. The molecule has 14 heavy (non-hydrogen) atoms. The lowest BCUT2D eigenvalue weighted by molar-refractivity contribution is 0.389. The van der Waals surface area contributed by atoms with E-state index in [1.165, 1.54) is 18.5 Å². The summed E-state index contributed by atoms with van der Waals surface area (Å²) in [5, 5.41) is 7.37. The van der Waals surface area contributed by atoms with Crippen molar-refractivity contribution in [1.29, 1.82) is 0 Å². The van der Waals surface area contributed by atoms with Gasteiger partial charge in [-0.3, -0.25) is 5.10 Å². The van der Waals surface area contributed by atoms with Gasteiger partial charge in [-0.15, -0.1) is 0 Å². The van der Waals surface area contributed by atoms with Gasteiger partial charge < -0.3 is 5.73 Å². The van der Waals surface area contributed by atoms with Crippen LogP contribution >= 0.6 is 15.9 Å². The Kier molecular flexibility index (Phi) is 2.93. The Morgan fingerprint density at radius 3 is 2.50 bits per heavy atom. The maximum Gasteiger partial charge on any atom is 0.0797 e. The average molecular weight is 258 g/mol. The van der Waals surface area contributed by atoms with Crippen molar-refractivity contribution in [3.63, 3.8) is 0 Å². The Hall–Kier alpha value is -0.350. The molecule has 4 heteroatoms. The van der Waals surface area contributed by atoms with Crippen molar-refractivity contribution in [1.82, 2.24) is 10.2 Å². The van der Waals surface area contributed by atoms with Gasteiger partial charge in [0.05, 0.1) is 10.2 Å². The predicted molar refractivity (Wildman–Crippen MR) is 60.2 cm³/mol. The van der Waals surface area contributed by atoms with Crippen LogP contribution in [-0.2, 0) is 0 Å². The van der Waals surface area contributed by atoms with E-state index in [2.05, 4.69) is 26.1 Å². The van der Waals surface area contributed by atoms with Crippen molar-refractivity contribution in [2.45, 2.75) is 44.6 Å². The molecule has 1 saturated carbocycles. The Morgan fingerprint density at radius 2 is 2.00 bits per heavy atom. The fraction of sp³-hybridized carbons (Fsp3) is 0.700. The van der Waals surface area contributed by atoms with Crippen LogP contribution in [0, 0.1) is 6.92 Å². The van der Waals surface area contributed by atoms with Crippen LogP contribution in [0.2, 0.25) is 0 Å². The molecule has 0 aliphatic heterocycles. The number of halogens is 1. The first kappa shape index (κ1) is 10.2. The fourth-order valence-corrected chi connectivity index (χ4v) is 2.60. The molecular formula is C10H16BrN3. The zero-order chi connectivity index (χ0) is 10.1. The molecule has 78 valence electrons. The highest BCUT2D eigenvalue weighted by Gasteiger charge is 2.24. The summed E-state index contributed by atoms with van der Waals surface area (Å²) in [6.07, 6.45) is 4.60. The van der Waals surface area contributed by atoms with Crippen LogP contribution in [0.1, 0.15) is 43.0 Å². The molecule has 0 amide bonds. The molecular weight excluding hydrogens is 242 g/mol. The van der Waals surface area contributed by atoms with Crippen LogP contribution in [-0.4, -0.2) is 16.2 Å². The summed E-state index contributed by atoms with van der Waals surface area (Å²) in [6, 6.07) is 0.407. The van der Waals surface area contributed by atoms with E-state index in [0.717, 1.165) is 23.0 Å². The molecule has 3 nitrogen and oxygen atoms in total. The van der Waals surface area contributed by atoms with E-state index in [-0.39, 0.29) is 0 Å². The number of hydrogen-bond donors (Lipinski definition) is 2. The molecule has 1 heterocycles. The summed E-state index contributed by atoms with van der Waals surface area (Å²) in [4.78, 5) is 0. The topological polar surface area (TPSA) is 54.7 Å². The molecule has 0 atom stereocenters. The summed E-state index contributed by atoms with van der Waals surface area (Å²) in [7, 11) is 0. The van der Waals surface area contributed by atoms with E-state index in [9.17, 15) is 0 Å². The number of rotatable bonds is 1. The van der Waals surface area contributed by atoms with Gasteiger partial charge in [-0.1, -0.05) is 0 Å². The largest absolute Gasteiger partial charge is 0.328 e. The lowest BCUT2D eigenvalue weighted by Crippen LogP contribution is -2.25. The lowest BCUT2D eigenvalue weighted by Gasteiger charge is -2.24. The highest BCUT2D eigenvalue weighted by Crippen LogP contribution is 2.35. The van der Waals surface area contributed by atoms with E-state index in [0.29, 0.717) is 12.0 Å². The molecule has 0 saturated heterocycles. The minimum absolute atomic E-state index is 0.407. The maximum absolute atomic E-state index is 5.88. The number of aryl methyl sites for hydroxylation is 1. The molecule has 0 radical (unpaired) electrons. The van der Waals surface area contributed by atoms with Gasteiger partial charge in [0, 0.05) is 17.7 Å². The molecule has 1 aliphatic carbocycles. The monoisotopic (exact) mass is 257 g/mol. The van der Waals surface area contributed by atoms with Crippen molar-refractivity contribution < 1.29 is 0 Å². The molecule has 0 unspecified atom stereocenters. The van der Waals surface area contributed by atoms with Gasteiger partial charge in [0.1, 0.15) is 0 Å². The first-order valence-corrected chi connectivity index (χ1v) is 5.93. The molecule has 0 bridgehead atoms. The van der Waals surface area contributed by atoms with Crippen LogP contribution in [0.4, 0.5) is 0 Å². The van der Waals surface area contributed by atoms with Crippen molar-refractivity contribution in [3.05, 3.63) is 15.9 Å². The van der Waals surface area contributed by atoms with Crippen LogP contribution in [0.15, 0.2) is 4.47 Å². The highest BCUT2D eigenvalue weighted by atomic mass is 79.9. The van der Waals surface area contributed by atoms with E-state index in [1.54, 1.807) is 0 Å². The third kappa shape index (κ3) is 1.86. The molecule has 1 aromatic heterocycles. The molecule has 1 aromatic rings. The summed E-state index contributed by atoms with van der Waals surface area (Å²) in [5.74, 6) is 0.592. The minimum Gasteiger partial charge on any atom is -0.328 e. The first-order chi connectivity index (χ1) is 6.68. The number of aromatic amines is 1. The van der Waals surface area contributed by atoms with Crippen LogP contribution < -0.4 is 5.73 Å². The van der Waals surface area contributed by atoms with E-state index in [4.69, 9.17) is 5.73 Å². The zero-order valence-electron chi connectivity index (χ0n) is 8.39. The number of nitrogens with zero attached hydrogens (tertiary/aromatic N) is 1. The van der Waals surface area contributed by atoms with Crippen LogP contribution in [0.25, 0.3) is 0 Å². The summed E-state index contributed by atoms with van der Waals surface area (Å²) in [6.45, 7) is 2.04. The Morgan fingerprint density at radius 1 is 1.36 bits per heavy atom. The van der Waals surface area contributed by atoms with Gasteiger partial charge in [-0.2, -0.15) is 5.10 Å². The normalized spacial score (nSPS) is 27.9. The van der Waals surface area contributed by atoms with Crippen molar-refractivity contribution >= 4 is 15.9 Å². The van der Waals surface area contributed by atoms with Gasteiger partial charge in [-0.25, -0.2) is 0 Å². The van der Waals surface area contributed by atoms with E-state index in [1.807, 2.05) is 6.92 Å². The van der Waals surface area contributed by atoms with Gasteiger partial charge >= 0.3 is 0 Å². The third-order valence-corrected chi connectivity index (χ3v) is 4.06. The molecule has 1 fully saturated rings. The lowest BCUT2D eigenvalue weighted by atomic mass is 9.84. The Balaban J connectivity index is 2.12. The van der Waals surface area contributed by atoms with Crippen LogP contribution in [0.5, 0.6) is 0 Å². The maximum atomic E-state index is 5.88.